The number of aliphatic hydroxyl groups is 1. The molecule has 6 nitrogen and oxygen atoms in total. The summed E-state index contributed by atoms with van der Waals surface area (Å²) >= 11 is 1.52. The van der Waals surface area contributed by atoms with E-state index in [1.165, 1.54) is 22.7 Å². The molecule has 0 aliphatic carbocycles. The molecular weight excluding hydrogens is 256 g/mol. The van der Waals surface area contributed by atoms with E-state index in [1.54, 1.807) is 0 Å². The van der Waals surface area contributed by atoms with Crippen LogP contribution in [0.5, 0.6) is 0 Å². The zero-order valence-electron chi connectivity index (χ0n) is 10.5. The average Bonchev–Trinajstić information content (AvgIpc) is 2.33. The topological polar surface area (TPSA) is 89.9 Å². The molecule has 2 amide bonds. The van der Waals surface area contributed by atoms with E-state index in [4.69, 9.17) is 10.2 Å². The van der Waals surface area contributed by atoms with Gasteiger partial charge in [-0.15, -0.1) is 6.58 Å². The van der Waals surface area contributed by atoms with Crippen LogP contribution in [0.25, 0.3) is 0 Å². The lowest BCUT2D eigenvalue weighted by atomic mass is 10.2. The van der Waals surface area contributed by atoms with Crippen molar-refractivity contribution in [3.05, 3.63) is 12.7 Å². The number of amides is 2. The van der Waals surface area contributed by atoms with Crippen LogP contribution >= 0.6 is 11.8 Å². The van der Waals surface area contributed by atoms with Crippen molar-refractivity contribution in [2.24, 2.45) is 0 Å². The number of nitrogens with one attached hydrogen (secondary N) is 1. The van der Waals surface area contributed by atoms with Gasteiger partial charge in [0.1, 0.15) is 6.04 Å². The van der Waals surface area contributed by atoms with Crippen LogP contribution in [0, 0.1) is 0 Å². The van der Waals surface area contributed by atoms with Crippen molar-refractivity contribution in [3.8, 4) is 0 Å². The number of urea groups is 1. The summed E-state index contributed by atoms with van der Waals surface area (Å²) in [5, 5.41) is 20.2. The second-order valence-electron chi connectivity index (χ2n) is 3.58. The first-order valence-electron chi connectivity index (χ1n) is 5.55. The molecule has 0 aromatic heterocycles. The van der Waals surface area contributed by atoms with E-state index in [0.29, 0.717) is 12.2 Å². The van der Waals surface area contributed by atoms with E-state index in [2.05, 4.69) is 11.9 Å². The maximum Gasteiger partial charge on any atom is 0.326 e. The zero-order valence-corrected chi connectivity index (χ0v) is 11.3. The molecule has 0 aliphatic heterocycles. The van der Waals surface area contributed by atoms with Gasteiger partial charge in [-0.1, -0.05) is 6.08 Å². The number of hydrogen-bond acceptors (Lipinski definition) is 4. The number of nitrogens with zero attached hydrogens (tertiary/aromatic N) is 1. The van der Waals surface area contributed by atoms with E-state index < -0.39 is 18.0 Å². The van der Waals surface area contributed by atoms with Gasteiger partial charge in [-0.25, -0.2) is 9.59 Å². The van der Waals surface area contributed by atoms with Gasteiger partial charge in [-0.05, 0) is 18.4 Å². The van der Waals surface area contributed by atoms with Gasteiger partial charge < -0.3 is 20.4 Å². The second kappa shape index (κ2) is 9.78. The minimum absolute atomic E-state index is 0.146. The summed E-state index contributed by atoms with van der Waals surface area (Å²) in [4.78, 5) is 24.1. The van der Waals surface area contributed by atoms with Crippen molar-refractivity contribution >= 4 is 23.8 Å². The van der Waals surface area contributed by atoms with E-state index in [0.717, 1.165) is 0 Å². The molecule has 0 fully saturated rings. The summed E-state index contributed by atoms with van der Waals surface area (Å²) in [5.41, 5.74) is 0. The van der Waals surface area contributed by atoms with Gasteiger partial charge in [0.2, 0.25) is 0 Å². The molecule has 104 valence electrons. The normalized spacial score (nSPS) is 11.7. The first kappa shape index (κ1) is 16.8. The minimum Gasteiger partial charge on any atom is -0.480 e. The minimum atomic E-state index is -1.06. The maximum absolute atomic E-state index is 11.8. The van der Waals surface area contributed by atoms with E-state index in [9.17, 15) is 9.59 Å². The Morgan fingerprint density at radius 1 is 1.56 bits per heavy atom. The molecule has 18 heavy (non-hydrogen) atoms. The van der Waals surface area contributed by atoms with Crippen molar-refractivity contribution in [2.45, 2.75) is 12.5 Å². The van der Waals surface area contributed by atoms with Crippen LogP contribution in [-0.2, 0) is 4.79 Å². The molecule has 0 bridgehead atoms. The predicted molar refractivity (Wildman–Crippen MR) is 71.8 cm³/mol. The fourth-order valence-electron chi connectivity index (χ4n) is 1.29. The van der Waals surface area contributed by atoms with Crippen molar-refractivity contribution in [1.29, 1.82) is 0 Å². The summed E-state index contributed by atoms with van der Waals surface area (Å²) in [6.07, 6.45) is 3.76. The number of carbonyl (C=O) groups excluding carboxylic acids is 1. The largest absolute Gasteiger partial charge is 0.480 e. The van der Waals surface area contributed by atoms with Gasteiger partial charge in [0.25, 0.3) is 0 Å². The molecule has 1 atom stereocenters. The van der Waals surface area contributed by atoms with Gasteiger partial charge in [-0.2, -0.15) is 11.8 Å². The van der Waals surface area contributed by atoms with Crippen LogP contribution in [-0.4, -0.2) is 64.9 Å². The third-order valence-corrected chi connectivity index (χ3v) is 2.86. The quantitative estimate of drug-likeness (QED) is 0.530. The third-order valence-electron chi connectivity index (χ3n) is 2.21. The van der Waals surface area contributed by atoms with Crippen molar-refractivity contribution < 1.29 is 19.8 Å². The molecule has 0 heterocycles. The number of rotatable bonds is 9. The van der Waals surface area contributed by atoms with Crippen LogP contribution in [0.2, 0.25) is 0 Å². The Morgan fingerprint density at radius 3 is 2.67 bits per heavy atom. The third kappa shape index (κ3) is 6.51. The predicted octanol–water partition coefficient (Wildman–Crippen LogP) is 0.383. The molecule has 0 radical (unpaired) electrons. The molecule has 0 aromatic carbocycles. The molecule has 7 heteroatoms. The standard InChI is InChI=1S/C11H20N2O4S/c1-3-5-13(6-7-14)11(17)12-9(10(15)16)4-8-18-2/h3,9,14H,1,4-8H2,2H3,(H,12,17)(H,15,16)/t9-/m0/s1. The van der Waals surface area contributed by atoms with Crippen LogP contribution in [0.1, 0.15) is 6.42 Å². The summed E-state index contributed by atoms with van der Waals surface area (Å²) in [6.45, 7) is 3.74. The lowest BCUT2D eigenvalue weighted by Gasteiger charge is -2.23. The van der Waals surface area contributed by atoms with Crippen molar-refractivity contribution in [2.75, 3.05) is 31.7 Å². The first-order valence-corrected chi connectivity index (χ1v) is 6.95. The Labute approximate surface area is 111 Å². The number of aliphatic carboxylic acids is 1. The van der Waals surface area contributed by atoms with Gasteiger partial charge >= 0.3 is 12.0 Å². The zero-order chi connectivity index (χ0) is 14.0. The molecule has 0 aromatic rings. The Hall–Kier alpha value is -1.21. The highest BCUT2D eigenvalue weighted by atomic mass is 32.2. The molecule has 0 saturated carbocycles. The molecule has 0 unspecified atom stereocenters. The van der Waals surface area contributed by atoms with Crippen molar-refractivity contribution in [1.82, 2.24) is 10.2 Å². The maximum atomic E-state index is 11.8. The molecule has 0 rings (SSSR count). The van der Waals surface area contributed by atoms with Crippen molar-refractivity contribution in [3.63, 3.8) is 0 Å². The Morgan fingerprint density at radius 2 is 2.22 bits per heavy atom. The van der Waals surface area contributed by atoms with E-state index in [-0.39, 0.29) is 19.7 Å². The SMILES string of the molecule is C=CCN(CCO)C(=O)N[C@@H](CCSC)C(=O)O. The summed E-state index contributed by atoms with van der Waals surface area (Å²) in [7, 11) is 0. The average molecular weight is 276 g/mol. The Balaban J connectivity index is 4.44. The fourth-order valence-corrected chi connectivity index (χ4v) is 1.76. The highest BCUT2D eigenvalue weighted by Crippen LogP contribution is 2.02. The second-order valence-corrected chi connectivity index (χ2v) is 4.57. The van der Waals surface area contributed by atoms with Crippen LogP contribution in [0.15, 0.2) is 12.7 Å². The lowest BCUT2D eigenvalue weighted by molar-refractivity contribution is -0.139. The number of hydrogen-bond donors (Lipinski definition) is 3. The summed E-state index contributed by atoms with van der Waals surface area (Å²) < 4.78 is 0. The fraction of sp³-hybridized carbons (Fsp3) is 0.636. The number of carboxylic acid groups (broad SMARTS) is 1. The van der Waals surface area contributed by atoms with Crippen LogP contribution in [0.3, 0.4) is 0 Å². The number of thioether (sulfide) groups is 1. The molecule has 0 aliphatic rings. The van der Waals surface area contributed by atoms with E-state index >= 15 is 0 Å². The van der Waals surface area contributed by atoms with Crippen LogP contribution in [0.4, 0.5) is 4.79 Å². The number of aliphatic hydroxyl groups excluding tert-OH is 1. The lowest BCUT2D eigenvalue weighted by Crippen LogP contribution is -2.49. The molecule has 0 saturated heterocycles. The first-order chi connectivity index (χ1) is 8.56. The molecule has 0 spiro atoms. The summed E-state index contributed by atoms with van der Waals surface area (Å²) in [5.74, 6) is -0.404. The summed E-state index contributed by atoms with van der Waals surface area (Å²) in [6, 6.07) is -1.41. The Kier molecular flexibility index (Phi) is 9.13. The van der Waals surface area contributed by atoms with E-state index in [1.807, 2.05) is 6.26 Å². The van der Waals surface area contributed by atoms with Gasteiger partial charge in [0.15, 0.2) is 0 Å². The Bertz CT molecular complexity index is 286. The molecule has 3 N–H and O–H groups in total. The van der Waals surface area contributed by atoms with Gasteiger partial charge in [-0.3, -0.25) is 0 Å². The smallest absolute Gasteiger partial charge is 0.326 e. The van der Waals surface area contributed by atoms with Gasteiger partial charge in [0, 0.05) is 13.1 Å². The number of carboxylic acids is 1. The highest BCUT2D eigenvalue weighted by molar-refractivity contribution is 7.98. The monoisotopic (exact) mass is 276 g/mol. The van der Waals surface area contributed by atoms with Gasteiger partial charge in [0.05, 0.1) is 6.61 Å². The molecular formula is C11H20N2O4S. The highest BCUT2D eigenvalue weighted by Gasteiger charge is 2.21. The van der Waals surface area contributed by atoms with Crippen LogP contribution < -0.4 is 5.32 Å². The number of carbonyl (C=O) groups is 2.